The quantitative estimate of drug-likeness (QED) is 0.589. The van der Waals surface area contributed by atoms with Gasteiger partial charge in [0.1, 0.15) is 11.4 Å². The van der Waals surface area contributed by atoms with E-state index < -0.39 is 0 Å². The molecule has 0 aliphatic carbocycles. The van der Waals surface area contributed by atoms with Crippen molar-refractivity contribution < 1.29 is 4.74 Å². The van der Waals surface area contributed by atoms with Gasteiger partial charge in [0.25, 0.3) is 0 Å². The highest BCUT2D eigenvalue weighted by atomic mass is 16.5. The lowest BCUT2D eigenvalue weighted by molar-refractivity contribution is -0.0133. The van der Waals surface area contributed by atoms with Gasteiger partial charge in [0, 0.05) is 18.5 Å². The Morgan fingerprint density at radius 2 is 1.61 bits per heavy atom. The molecule has 1 fully saturated rings. The zero-order valence-corrected chi connectivity index (χ0v) is 16.6. The van der Waals surface area contributed by atoms with E-state index >= 15 is 0 Å². The van der Waals surface area contributed by atoms with E-state index in [0.717, 1.165) is 44.5 Å². The van der Waals surface area contributed by atoms with Crippen LogP contribution in [-0.4, -0.2) is 30.1 Å². The van der Waals surface area contributed by atoms with Crippen molar-refractivity contribution in [1.82, 2.24) is 4.90 Å². The first-order valence-corrected chi connectivity index (χ1v) is 10.8. The van der Waals surface area contributed by atoms with E-state index in [9.17, 15) is 0 Å². The Morgan fingerprint density at radius 3 is 2.46 bits per heavy atom. The van der Waals surface area contributed by atoms with Crippen molar-refractivity contribution in [2.75, 3.05) is 19.6 Å². The monoisotopic (exact) mass is 371 g/mol. The maximum Gasteiger partial charge on any atom is 0.131 e. The summed E-state index contributed by atoms with van der Waals surface area (Å²) in [7, 11) is 0. The molecule has 28 heavy (non-hydrogen) atoms. The molecule has 0 unspecified atom stereocenters. The first-order chi connectivity index (χ1) is 13.8. The molecule has 0 amide bonds. The topological polar surface area (TPSA) is 12.5 Å². The molecular formula is C26H29NO. The summed E-state index contributed by atoms with van der Waals surface area (Å²) in [6.45, 7) is 3.52. The number of hydrogen-bond acceptors (Lipinski definition) is 2. The van der Waals surface area contributed by atoms with Gasteiger partial charge in [-0.25, -0.2) is 0 Å². The van der Waals surface area contributed by atoms with Gasteiger partial charge in [-0.2, -0.15) is 0 Å². The number of benzene rings is 3. The van der Waals surface area contributed by atoms with Crippen molar-refractivity contribution >= 4 is 10.8 Å². The highest BCUT2D eigenvalue weighted by Crippen LogP contribution is 2.42. The molecule has 0 radical (unpaired) electrons. The van der Waals surface area contributed by atoms with Crippen LogP contribution in [0.4, 0.5) is 0 Å². The summed E-state index contributed by atoms with van der Waals surface area (Å²) in [5.41, 5.74) is 2.89. The molecular weight excluding hydrogens is 342 g/mol. The van der Waals surface area contributed by atoms with Gasteiger partial charge in [-0.05, 0) is 61.6 Å². The fourth-order valence-corrected chi connectivity index (χ4v) is 4.92. The summed E-state index contributed by atoms with van der Waals surface area (Å²) < 4.78 is 6.77. The van der Waals surface area contributed by atoms with Crippen LogP contribution in [0.2, 0.25) is 0 Å². The van der Waals surface area contributed by atoms with Crippen LogP contribution in [-0.2, 0) is 12.8 Å². The van der Waals surface area contributed by atoms with E-state index in [1.165, 1.54) is 41.3 Å². The molecule has 5 rings (SSSR count). The third-order valence-corrected chi connectivity index (χ3v) is 6.68. The maximum absolute atomic E-state index is 6.77. The first-order valence-electron chi connectivity index (χ1n) is 10.8. The van der Waals surface area contributed by atoms with Crippen LogP contribution >= 0.6 is 0 Å². The van der Waals surface area contributed by atoms with Crippen LogP contribution in [0.15, 0.2) is 66.7 Å². The second-order valence-electron chi connectivity index (χ2n) is 8.49. The molecule has 0 N–H and O–H groups in total. The lowest BCUT2D eigenvalue weighted by Gasteiger charge is -2.45. The lowest BCUT2D eigenvalue weighted by atomic mass is 9.82. The van der Waals surface area contributed by atoms with Crippen LogP contribution in [0.1, 0.15) is 36.8 Å². The van der Waals surface area contributed by atoms with Crippen molar-refractivity contribution in [2.45, 2.75) is 44.1 Å². The summed E-state index contributed by atoms with van der Waals surface area (Å²) in [5.74, 6) is 1.15. The molecule has 3 aromatic carbocycles. The minimum Gasteiger partial charge on any atom is -0.486 e. The smallest absolute Gasteiger partial charge is 0.131 e. The molecule has 144 valence electrons. The van der Waals surface area contributed by atoms with Crippen LogP contribution < -0.4 is 4.74 Å². The number of aryl methyl sites for hydroxylation is 2. The third-order valence-electron chi connectivity index (χ3n) is 6.68. The molecule has 0 saturated carbocycles. The van der Waals surface area contributed by atoms with Crippen molar-refractivity contribution in [1.29, 1.82) is 0 Å². The summed E-state index contributed by atoms with van der Waals surface area (Å²) in [6, 6.07) is 24.0. The van der Waals surface area contributed by atoms with E-state index in [-0.39, 0.29) is 5.60 Å². The van der Waals surface area contributed by atoms with Gasteiger partial charge in [0.2, 0.25) is 0 Å². The van der Waals surface area contributed by atoms with Crippen molar-refractivity contribution in [3.05, 3.63) is 77.9 Å². The molecule has 2 aliphatic heterocycles. The van der Waals surface area contributed by atoms with Gasteiger partial charge in [0.15, 0.2) is 0 Å². The van der Waals surface area contributed by atoms with Crippen molar-refractivity contribution in [2.24, 2.45) is 0 Å². The summed E-state index contributed by atoms with van der Waals surface area (Å²) in [4.78, 5) is 2.64. The van der Waals surface area contributed by atoms with Crippen molar-refractivity contribution in [3.8, 4) is 5.75 Å². The van der Waals surface area contributed by atoms with Gasteiger partial charge in [-0.1, -0.05) is 66.7 Å². The fraction of sp³-hybridized carbons (Fsp3) is 0.385. The van der Waals surface area contributed by atoms with Gasteiger partial charge in [-0.15, -0.1) is 0 Å². The van der Waals surface area contributed by atoms with Crippen LogP contribution in [0.3, 0.4) is 0 Å². The first kappa shape index (κ1) is 17.8. The van der Waals surface area contributed by atoms with Crippen molar-refractivity contribution in [3.63, 3.8) is 0 Å². The SMILES string of the molecule is c1ccc(CCCN2CCC3(CCc4ccc5ccccc5c4O3)CC2)cc1. The fourth-order valence-electron chi connectivity index (χ4n) is 4.92. The Kier molecular flexibility index (Phi) is 4.82. The normalized spacial score (nSPS) is 18.7. The Labute approximate surface area is 168 Å². The van der Waals surface area contributed by atoms with Crippen LogP contribution in [0.5, 0.6) is 5.75 Å². The molecule has 1 saturated heterocycles. The molecule has 1 spiro atoms. The summed E-state index contributed by atoms with van der Waals surface area (Å²) >= 11 is 0. The number of hydrogen-bond donors (Lipinski definition) is 0. The highest BCUT2D eigenvalue weighted by Gasteiger charge is 2.39. The number of fused-ring (bicyclic) bond motifs is 3. The predicted molar refractivity (Wildman–Crippen MR) is 116 cm³/mol. The van der Waals surface area contributed by atoms with E-state index in [2.05, 4.69) is 71.6 Å². The van der Waals surface area contributed by atoms with E-state index in [4.69, 9.17) is 4.74 Å². The molecule has 2 heteroatoms. The Hall–Kier alpha value is -2.32. The molecule has 0 aromatic heterocycles. The minimum absolute atomic E-state index is 0.0487. The number of nitrogens with zero attached hydrogens (tertiary/aromatic N) is 1. The zero-order chi connectivity index (χ0) is 18.8. The van der Waals surface area contributed by atoms with Gasteiger partial charge >= 0.3 is 0 Å². The summed E-state index contributed by atoms with van der Waals surface area (Å²) in [6.07, 6.45) is 7.04. The number of likely N-dealkylation sites (tertiary alicyclic amines) is 1. The van der Waals surface area contributed by atoms with Crippen LogP contribution in [0.25, 0.3) is 10.8 Å². The van der Waals surface area contributed by atoms with Gasteiger partial charge < -0.3 is 9.64 Å². The third kappa shape index (κ3) is 3.54. The molecule has 0 atom stereocenters. The Balaban J connectivity index is 1.21. The Morgan fingerprint density at radius 1 is 0.821 bits per heavy atom. The van der Waals surface area contributed by atoms with E-state index in [1.54, 1.807) is 0 Å². The maximum atomic E-state index is 6.77. The molecule has 2 nitrogen and oxygen atoms in total. The molecule has 2 heterocycles. The van der Waals surface area contributed by atoms with Crippen LogP contribution in [0, 0.1) is 0 Å². The zero-order valence-electron chi connectivity index (χ0n) is 16.6. The predicted octanol–water partition coefficient (Wildman–Crippen LogP) is 5.63. The second kappa shape index (κ2) is 7.60. The average Bonchev–Trinajstić information content (AvgIpc) is 2.76. The number of piperidine rings is 1. The largest absolute Gasteiger partial charge is 0.486 e. The number of ether oxygens (including phenoxy) is 1. The van der Waals surface area contributed by atoms with E-state index in [0.29, 0.717) is 0 Å². The summed E-state index contributed by atoms with van der Waals surface area (Å²) in [5, 5.41) is 2.57. The van der Waals surface area contributed by atoms with Gasteiger partial charge in [0.05, 0.1) is 0 Å². The van der Waals surface area contributed by atoms with E-state index in [1.807, 2.05) is 0 Å². The number of rotatable bonds is 4. The lowest BCUT2D eigenvalue weighted by Crippen LogP contribution is -2.49. The molecule has 2 aliphatic rings. The highest BCUT2D eigenvalue weighted by molar-refractivity contribution is 5.89. The molecule has 3 aromatic rings. The minimum atomic E-state index is 0.0487. The Bertz CT molecular complexity index is 941. The average molecular weight is 372 g/mol. The molecule has 0 bridgehead atoms. The second-order valence-corrected chi connectivity index (χ2v) is 8.49. The standard InChI is InChI=1S/C26H29NO/c1-2-7-21(8-3-1)9-6-18-27-19-16-26(17-20-27)15-14-23-13-12-22-10-4-5-11-24(22)25(23)28-26/h1-5,7-8,10-13H,6,9,14-20H2. The van der Waals surface area contributed by atoms with Gasteiger partial charge in [-0.3, -0.25) is 0 Å².